The van der Waals surface area contributed by atoms with Crippen LogP contribution in [0.2, 0.25) is 5.82 Å². The van der Waals surface area contributed by atoms with Gasteiger partial charge in [-0.25, -0.2) is 0 Å². The van der Waals surface area contributed by atoms with Gasteiger partial charge in [-0.05, 0) is 97.2 Å². The Morgan fingerprint density at radius 2 is 1.54 bits per heavy atom. The molecule has 0 unspecified atom stereocenters. The van der Waals surface area contributed by atoms with E-state index in [0.29, 0.717) is 10.8 Å². The molecule has 0 nitrogen and oxygen atoms in total. The molecule has 4 saturated carbocycles. The predicted molar refractivity (Wildman–Crippen MR) is 125 cm³/mol. The minimum Gasteiger partial charge on any atom is -0.0694 e. The standard InChI is InChI=1S/C27H49B/c1-18(2)7-6-8-19(3)23-11-12-24-22-10-9-20-17-21(28)13-15-26(20,4)25(22)14-16-27(23,24)5/h18-25H,6-17,28H2,1-5H3/t19-,20+,21-,22+,23-,24+,25+,26+,27-/m1/s1. The second kappa shape index (κ2) is 7.96. The zero-order valence-electron chi connectivity index (χ0n) is 20.1. The zero-order valence-corrected chi connectivity index (χ0v) is 20.1. The lowest BCUT2D eigenvalue weighted by Crippen LogP contribution is -2.53. The molecule has 160 valence electrons. The molecular weight excluding hydrogens is 335 g/mol. The van der Waals surface area contributed by atoms with Crippen LogP contribution < -0.4 is 0 Å². The largest absolute Gasteiger partial charge is 0.105 e. The molecule has 4 fully saturated rings. The molecule has 1 heteroatoms. The second-order valence-corrected chi connectivity index (χ2v) is 13.1. The van der Waals surface area contributed by atoms with Gasteiger partial charge in [-0.3, -0.25) is 0 Å². The third-order valence-corrected chi connectivity index (χ3v) is 11.1. The number of hydrogen-bond acceptors (Lipinski definition) is 0. The quantitative estimate of drug-likeness (QED) is 0.430. The van der Waals surface area contributed by atoms with E-state index in [1.165, 1.54) is 32.1 Å². The van der Waals surface area contributed by atoms with Crippen LogP contribution in [0, 0.1) is 52.3 Å². The number of fused-ring (bicyclic) bond motifs is 5. The van der Waals surface area contributed by atoms with Crippen molar-refractivity contribution < 1.29 is 0 Å². The van der Waals surface area contributed by atoms with Crippen molar-refractivity contribution in [2.24, 2.45) is 52.3 Å². The van der Waals surface area contributed by atoms with Crippen LogP contribution in [0.5, 0.6) is 0 Å². The zero-order chi connectivity index (χ0) is 20.1. The van der Waals surface area contributed by atoms with Gasteiger partial charge in [0.2, 0.25) is 0 Å². The molecule has 0 radical (unpaired) electrons. The first kappa shape index (κ1) is 21.3. The Kier molecular flexibility index (Phi) is 6.06. The van der Waals surface area contributed by atoms with Gasteiger partial charge < -0.3 is 0 Å². The Balaban J connectivity index is 1.46. The summed E-state index contributed by atoms with van der Waals surface area (Å²) in [6, 6.07) is 0. The molecule has 0 aromatic carbocycles. The average Bonchev–Trinajstić information content (AvgIpc) is 2.99. The summed E-state index contributed by atoms with van der Waals surface area (Å²) in [5.41, 5.74) is 1.36. The number of hydrogen-bond donors (Lipinski definition) is 0. The molecule has 0 aliphatic heterocycles. The lowest BCUT2D eigenvalue weighted by molar-refractivity contribution is -0.114. The van der Waals surface area contributed by atoms with Crippen LogP contribution in [0.15, 0.2) is 0 Å². The minimum atomic E-state index is 0.670. The normalized spacial score (nSPS) is 49.4. The fourth-order valence-corrected chi connectivity index (χ4v) is 9.50. The van der Waals surface area contributed by atoms with Crippen molar-refractivity contribution in [3.8, 4) is 0 Å². The summed E-state index contributed by atoms with van der Waals surface area (Å²) in [4.78, 5) is 0. The maximum absolute atomic E-state index is 2.75. The van der Waals surface area contributed by atoms with Crippen molar-refractivity contribution in [2.75, 3.05) is 0 Å². The maximum Gasteiger partial charge on any atom is 0.105 e. The summed E-state index contributed by atoms with van der Waals surface area (Å²) in [5.74, 6) is 8.08. The minimum absolute atomic E-state index is 0.670. The summed E-state index contributed by atoms with van der Waals surface area (Å²) in [7, 11) is 2.52. The molecule has 0 amide bonds. The average molecular weight is 385 g/mol. The molecular formula is C27H49B. The molecule has 0 bridgehead atoms. The molecule has 9 atom stereocenters. The van der Waals surface area contributed by atoms with Crippen LogP contribution in [0.1, 0.15) is 112 Å². The first-order valence-electron chi connectivity index (χ1n) is 13.3. The van der Waals surface area contributed by atoms with E-state index in [1.54, 1.807) is 44.9 Å². The lowest BCUT2D eigenvalue weighted by atomic mass is 9.43. The van der Waals surface area contributed by atoms with Crippen molar-refractivity contribution in [3.63, 3.8) is 0 Å². The van der Waals surface area contributed by atoms with E-state index in [4.69, 9.17) is 0 Å². The van der Waals surface area contributed by atoms with Gasteiger partial charge in [0.05, 0.1) is 0 Å². The highest BCUT2D eigenvalue weighted by Crippen LogP contribution is 2.68. The first-order valence-corrected chi connectivity index (χ1v) is 13.3. The first-order chi connectivity index (χ1) is 13.3. The van der Waals surface area contributed by atoms with Crippen LogP contribution >= 0.6 is 0 Å². The molecule has 0 saturated heterocycles. The summed E-state index contributed by atoms with van der Waals surface area (Å²) in [6.07, 6.45) is 18.3. The van der Waals surface area contributed by atoms with E-state index in [2.05, 4.69) is 42.5 Å². The summed E-state index contributed by atoms with van der Waals surface area (Å²) < 4.78 is 0. The Morgan fingerprint density at radius 3 is 2.29 bits per heavy atom. The van der Waals surface area contributed by atoms with Crippen LogP contribution in [-0.2, 0) is 0 Å². The van der Waals surface area contributed by atoms with Crippen LogP contribution in [0.25, 0.3) is 0 Å². The summed E-state index contributed by atoms with van der Waals surface area (Å²) in [6.45, 7) is 12.9. The molecule has 4 aliphatic carbocycles. The molecule has 0 N–H and O–H groups in total. The van der Waals surface area contributed by atoms with Gasteiger partial charge in [-0.2, -0.15) is 0 Å². The molecule has 28 heavy (non-hydrogen) atoms. The summed E-state index contributed by atoms with van der Waals surface area (Å²) in [5, 5.41) is 0. The van der Waals surface area contributed by atoms with E-state index in [1.807, 2.05) is 0 Å². The Morgan fingerprint density at radius 1 is 0.821 bits per heavy atom. The monoisotopic (exact) mass is 384 g/mol. The van der Waals surface area contributed by atoms with Gasteiger partial charge in [0.25, 0.3) is 0 Å². The third-order valence-electron chi connectivity index (χ3n) is 11.1. The van der Waals surface area contributed by atoms with Crippen molar-refractivity contribution in [1.82, 2.24) is 0 Å². The SMILES string of the molecule is B[C@@H]1CC[C@@]2(C)[C@@H](CC[C@@H]3[C@@H]2CC[C@]2(C)[C@@H]([C@H](C)CCCC(C)C)CC[C@@H]32)C1. The molecule has 4 aliphatic rings. The van der Waals surface area contributed by atoms with E-state index in [9.17, 15) is 0 Å². The van der Waals surface area contributed by atoms with Crippen molar-refractivity contribution >= 4 is 7.85 Å². The highest BCUT2D eigenvalue weighted by atomic mass is 14.6. The van der Waals surface area contributed by atoms with E-state index < -0.39 is 0 Å². The summed E-state index contributed by atoms with van der Waals surface area (Å²) >= 11 is 0. The smallest absolute Gasteiger partial charge is 0.0694 e. The number of rotatable bonds is 5. The van der Waals surface area contributed by atoms with Crippen molar-refractivity contribution in [3.05, 3.63) is 0 Å². The van der Waals surface area contributed by atoms with E-state index in [0.717, 1.165) is 47.2 Å². The highest BCUT2D eigenvalue weighted by Gasteiger charge is 2.60. The van der Waals surface area contributed by atoms with Gasteiger partial charge in [-0.15, -0.1) is 0 Å². The van der Waals surface area contributed by atoms with Crippen LogP contribution in [0.4, 0.5) is 0 Å². The topological polar surface area (TPSA) is 0 Å². The maximum atomic E-state index is 2.75. The molecule has 4 rings (SSSR count). The van der Waals surface area contributed by atoms with Gasteiger partial charge in [0.1, 0.15) is 7.85 Å². The highest BCUT2D eigenvalue weighted by molar-refractivity contribution is 6.11. The van der Waals surface area contributed by atoms with Gasteiger partial charge in [0.15, 0.2) is 0 Å². The lowest BCUT2D eigenvalue weighted by Gasteiger charge is -2.61. The fraction of sp³-hybridized carbons (Fsp3) is 1.00. The Labute approximate surface area is 177 Å². The van der Waals surface area contributed by atoms with Gasteiger partial charge >= 0.3 is 0 Å². The molecule has 0 heterocycles. The van der Waals surface area contributed by atoms with Gasteiger partial charge in [0, 0.05) is 0 Å². The molecule has 0 spiro atoms. The second-order valence-electron chi connectivity index (χ2n) is 13.1. The Bertz CT molecular complexity index is 540. The third kappa shape index (κ3) is 3.53. The molecule has 0 aromatic rings. The predicted octanol–water partition coefficient (Wildman–Crippen LogP) is 7.53. The van der Waals surface area contributed by atoms with Crippen molar-refractivity contribution in [2.45, 2.75) is 117 Å². The van der Waals surface area contributed by atoms with E-state index in [-0.39, 0.29) is 0 Å². The van der Waals surface area contributed by atoms with E-state index >= 15 is 0 Å². The van der Waals surface area contributed by atoms with Crippen LogP contribution in [0.3, 0.4) is 0 Å². The Hall–Kier alpha value is 0.0649. The van der Waals surface area contributed by atoms with Crippen LogP contribution in [-0.4, -0.2) is 7.85 Å². The van der Waals surface area contributed by atoms with Gasteiger partial charge in [-0.1, -0.05) is 72.5 Å². The molecule has 0 aromatic heterocycles. The van der Waals surface area contributed by atoms with Crippen molar-refractivity contribution in [1.29, 1.82) is 0 Å². The fourth-order valence-electron chi connectivity index (χ4n) is 9.50.